The number of rotatable bonds is 6. The molecule has 2 aliphatic rings. The standard InChI is InChI=1S/C24H29N3O5S/c1-18-23(19-9-5-3-6-10-19)32-24(29)27(18)20-13-15-26(16-14-20)22(28)17-25(2)33(30,31)21-11-7-4-8-12-21/h3-12,18,20,23H,13-17H2,1-2H3. The normalized spacial score (nSPS) is 22.0. The predicted octanol–water partition coefficient (Wildman–Crippen LogP) is 2.88. The van der Waals surface area contributed by atoms with Crippen molar-refractivity contribution in [3.05, 3.63) is 66.2 Å². The van der Waals surface area contributed by atoms with Crippen LogP contribution in [0.2, 0.25) is 0 Å². The van der Waals surface area contributed by atoms with Crippen LogP contribution >= 0.6 is 0 Å². The third kappa shape index (κ3) is 4.74. The number of carbonyl (C=O) groups excluding carboxylic acids is 2. The number of hydrogen-bond donors (Lipinski definition) is 0. The van der Waals surface area contributed by atoms with Gasteiger partial charge < -0.3 is 9.64 Å². The summed E-state index contributed by atoms with van der Waals surface area (Å²) in [6.07, 6.45) is 0.619. The first-order chi connectivity index (χ1) is 15.8. The van der Waals surface area contributed by atoms with Crippen molar-refractivity contribution >= 4 is 22.0 Å². The molecule has 9 heteroatoms. The largest absolute Gasteiger partial charge is 0.439 e. The second-order valence-electron chi connectivity index (χ2n) is 8.55. The molecule has 2 heterocycles. The summed E-state index contributed by atoms with van der Waals surface area (Å²) in [6.45, 7) is 2.70. The van der Waals surface area contributed by atoms with E-state index in [0.717, 1.165) is 9.87 Å². The summed E-state index contributed by atoms with van der Waals surface area (Å²) >= 11 is 0. The van der Waals surface area contributed by atoms with Crippen molar-refractivity contribution in [2.45, 2.75) is 42.8 Å². The van der Waals surface area contributed by atoms with Crippen molar-refractivity contribution in [1.82, 2.24) is 14.1 Å². The van der Waals surface area contributed by atoms with Crippen LogP contribution in [0, 0.1) is 0 Å². The van der Waals surface area contributed by atoms with Gasteiger partial charge in [-0.3, -0.25) is 9.69 Å². The van der Waals surface area contributed by atoms with Gasteiger partial charge in [0.2, 0.25) is 15.9 Å². The van der Waals surface area contributed by atoms with Crippen molar-refractivity contribution in [2.24, 2.45) is 0 Å². The van der Waals surface area contributed by atoms with Crippen LogP contribution < -0.4 is 0 Å². The number of cyclic esters (lactones) is 1. The zero-order valence-electron chi connectivity index (χ0n) is 18.8. The van der Waals surface area contributed by atoms with Crippen molar-refractivity contribution < 1.29 is 22.7 Å². The Kier molecular flexibility index (Phi) is 6.71. The van der Waals surface area contributed by atoms with Gasteiger partial charge in [0.1, 0.15) is 6.10 Å². The summed E-state index contributed by atoms with van der Waals surface area (Å²) in [4.78, 5) is 29.1. The number of ether oxygens (including phenoxy) is 1. The maximum absolute atomic E-state index is 12.8. The van der Waals surface area contributed by atoms with Gasteiger partial charge in [0, 0.05) is 26.2 Å². The number of amides is 2. The molecule has 2 aromatic rings. The van der Waals surface area contributed by atoms with Crippen LogP contribution in [0.1, 0.15) is 31.4 Å². The molecule has 2 aromatic carbocycles. The fraction of sp³-hybridized carbons (Fsp3) is 0.417. The molecule has 0 spiro atoms. The molecule has 2 amide bonds. The highest BCUT2D eigenvalue weighted by Gasteiger charge is 2.44. The van der Waals surface area contributed by atoms with Crippen LogP contribution in [0.4, 0.5) is 4.79 Å². The van der Waals surface area contributed by atoms with E-state index in [-0.39, 0.29) is 41.6 Å². The van der Waals surface area contributed by atoms with E-state index in [9.17, 15) is 18.0 Å². The highest BCUT2D eigenvalue weighted by molar-refractivity contribution is 7.89. The van der Waals surface area contributed by atoms with Gasteiger partial charge in [0.15, 0.2) is 0 Å². The van der Waals surface area contributed by atoms with Crippen LogP contribution in [0.5, 0.6) is 0 Å². The summed E-state index contributed by atoms with van der Waals surface area (Å²) in [5, 5.41) is 0. The smallest absolute Gasteiger partial charge is 0.411 e. The fourth-order valence-corrected chi connectivity index (χ4v) is 5.73. The van der Waals surface area contributed by atoms with Gasteiger partial charge in [0.25, 0.3) is 0 Å². The van der Waals surface area contributed by atoms with Crippen molar-refractivity contribution in [1.29, 1.82) is 0 Å². The molecule has 0 saturated carbocycles. The minimum atomic E-state index is -3.73. The lowest BCUT2D eigenvalue weighted by atomic mass is 9.98. The third-order valence-corrected chi connectivity index (χ3v) is 8.28. The first-order valence-electron chi connectivity index (χ1n) is 11.1. The molecule has 2 aliphatic heterocycles. The monoisotopic (exact) mass is 471 g/mol. The van der Waals surface area contributed by atoms with Crippen molar-refractivity contribution in [3.8, 4) is 0 Å². The molecule has 2 saturated heterocycles. The summed E-state index contributed by atoms with van der Waals surface area (Å²) in [7, 11) is -2.31. The summed E-state index contributed by atoms with van der Waals surface area (Å²) < 4.78 is 32.1. The number of likely N-dealkylation sites (N-methyl/N-ethyl adjacent to an activating group) is 1. The Balaban J connectivity index is 1.34. The lowest BCUT2D eigenvalue weighted by molar-refractivity contribution is -0.132. The van der Waals surface area contributed by atoms with Crippen LogP contribution in [0.3, 0.4) is 0 Å². The van der Waals surface area contributed by atoms with Gasteiger partial charge in [-0.15, -0.1) is 0 Å². The number of carbonyl (C=O) groups is 2. The molecular formula is C24H29N3O5S. The molecule has 0 aliphatic carbocycles. The molecule has 8 nitrogen and oxygen atoms in total. The van der Waals surface area contributed by atoms with Crippen LogP contribution in [-0.4, -0.2) is 73.3 Å². The van der Waals surface area contributed by atoms with Gasteiger partial charge in [-0.25, -0.2) is 13.2 Å². The van der Waals surface area contributed by atoms with E-state index in [0.29, 0.717) is 25.9 Å². The lowest BCUT2D eigenvalue weighted by Gasteiger charge is -2.38. The minimum absolute atomic E-state index is 0.0176. The highest BCUT2D eigenvalue weighted by atomic mass is 32.2. The molecule has 2 atom stereocenters. The van der Waals surface area contributed by atoms with Gasteiger partial charge in [0.05, 0.1) is 17.5 Å². The van der Waals surface area contributed by atoms with Gasteiger partial charge >= 0.3 is 6.09 Å². The third-order valence-electron chi connectivity index (χ3n) is 6.46. The average molecular weight is 472 g/mol. The summed E-state index contributed by atoms with van der Waals surface area (Å²) in [5.74, 6) is -0.241. The Hall–Kier alpha value is -2.91. The van der Waals surface area contributed by atoms with Crippen LogP contribution in [0.25, 0.3) is 0 Å². The number of hydrogen-bond acceptors (Lipinski definition) is 5. The minimum Gasteiger partial charge on any atom is -0.439 e. The van der Waals surface area contributed by atoms with Gasteiger partial charge in [-0.05, 0) is 37.5 Å². The first kappa shape index (κ1) is 23.3. The lowest BCUT2D eigenvalue weighted by Crippen LogP contribution is -2.51. The molecule has 176 valence electrons. The topological polar surface area (TPSA) is 87.2 Å². The maximum atomic E-state index is 12.8. The van der Waals surface area contributed by atoms with E-state index in [2.05, 4.69) is 0 Å². The van der Waals surface area contributed by atoms with E-state index in [4.69, 9.17) is 4.74 Å². The van der Waals surface area contributed by atoms with E-state index in [1.54, 1.807) is 28.0 Å². The molecule has 0 radical (unpaired) electrons. The number of benzene rings is 2. The molecule has 33 heavy (non-hydrogen) atoms. The number of nitrogens with zero attached hydrogens (tertiary/aromatic N) is 3. The SMILES string of the molecule is CC1C(c2ccccc2)OC(=O)N1C1CCN(C(=O)CN(C)S(=O)(=O)c2ccccc2)CC1. The number of piperidine rings is 1. The number of sulfonamides is 1. The molecule has 2 unspecified atom stereocenters. The Morgan fingerprint density at radius 1 is 1.03 bits per heavy atom. The molecular weight excluding hydrogens is 442 g/mol. The Morgan fingerprint density at radius 2 is 1.61 bits per heavy atom. The Bertz CT molecular complexity index is 1090. The van der Waals surface area contributed by atoms with Crippen molar-refractivity contribution in [3.63, 3.8) is 0 Å². The van der Waals surface area contributed by atoms with Gasteiger partial charge in [-0.1, -0.05) is 48.5 Å². The number of likely N-dealkylation sites (tertiary alicyclic amines) is 1. The Morgan fingerprint density at radius 3 is 2.21 bits per heavy atom. The highest BCUT2D eigenvalue weighted by Crippen LogP contribution is 2.35. The van der Waals surface area contributed by atoms with E-state index < -0.39 is 10.0 Å². The van der Waals surface area contributed by atoms with Crippen LogP contribution in [0.15, 0.2) is 65.6 Å². The summed E-state index contributed by atoms with van der Waals surface area (Å²) in [5.41, 5.74) is 0.969. The average Bonchev–Trinajstić information content (AvgIpc) is 3.14. The first-order valence-corrected chi connectivity index (χ1v) is 12.6. The second kappa shape index (κ2) is 9.52. The van der Waals surface area contributed by atoms with E-state index >= 15 is 0 Å². The Labute approximate surface area is 194 Å². The van der Waals surface area contributed by atoms with Crippen LogP contribution in [-0.2, 0) is 19.6 Å². The quantitative estimate of drug-likeness (QED) is 0.647. The molecule has 0 N–H and O–H groups in total. The van der Waals surface area contributed by atoms with E-state index in [1.165, 1.54) is 19.2 Å². The molecule has 2 fully saturated rings. The van der Waals surface area contributed by atoms with Gasteiger partial charge in [-0.2, -0.15) is 4.31 Å². The second-order valence-corrected chi connectivity index (χ2v) is 10.6. The molecule has 4 rings (SSSR count). The maximum Gasteiger partial charge on any atom is 0.411 e. The van der Waals surface area contributed by atoms with E-state index in [1.807, 2.05) is 37.3 Å². The zero-order chi connectivity index (χ0) is 23.6. The van der Waals surface area contributed by atoms with Crippen molar-refractivity contribution in [2.75, 3.05) is 26.7 Å². The predicted molar refractivity (Wildman–Crippen MR) is 123 cm³/mol. The zero-order valence-corrected chi connectivity index (χ0v) is 19.6. The molecule has 0 bridgehead atoms. The summed E-state index contributed by atoms with van der Waals surface area (Å²) in [6, 6.07) is 17.7. The fourth-order valence-electron chi connectivity index (χ4n) is 4.59. The molecule has 0 aromatic heterocycles.